The van der Waals surface area contributed by atoms with Gasteiger partial charge in [-0.05, 0) is 36.5 Å². The molecular weight excluding hydrogens is 293 g/mol. The Labute approximate surface area is 115 Å². The fraction of sp³-hybridized carbons (Fsp3) is 0.500. The summed E-state index contributed by atoms with van der Waals surface area (Å²) >= 11 is 0. The van der Waals surface area contributed by atoms with Gasteiger partial charge in [0.2, 0.25) is 10.0 Å². The Morgan fingerprint density at radius 1 is 1.30 bits per heavy atom. The number of anilines is 1. The molecule has 3 N–H and O–H groups in total. The van der Waals surface area contributed by atoms with Crippen LogP contribution in [0.15, 0.2) is 18.2 Å². The molecule has 1 saturated carbocycles. The zero-order valence-corrected chi connectivity index (χ0v) is 11.4. The van der Waals surface area contributed by atoms with Crippen LogP contribution in [-0.4, -0.2) is 14.2 Å². The Hall–Kier alpha value is -1.28. The van der Waals surface area contributed by atoms with E-state index in [0.717, 1.165) is 25.0 Å². The van der Waals surface area contributed by atoms with Crippen molar-refractivity contribution in [3.8, 4) is 0 Å². The molecular formula is C12H15F3N2O2S. The molecule has 112 valence electrons. The Bertz CT molecular complexity index is 595. The zero-order valence-electron chi connectivity index (χ0n) is 10.6. The van der Waals surface area contributed by atoms with Gasteiger partial charge in [0.05, 0.1) is 17.0 Å². The standard InChI is InChI=1S/C12H15F3N2O2S/c13-12(14,15)10-5-9(6-16)3-4-11(10)17-20(18,19)7-8-1-2-8/h3-5,8,17H,1-2,6-7,16H2. The fourth-order valence-electron chi connectivity index (χ4n) is 1.85. The van der Waals surface area contributed by atoms with Gasteiger partial charge in [0.15, 0.2) is 0 Å². The van der Waals surface area contributed by atoms with Gasteiger partial charge in [0, 0.05) is 6.54 Å². The minimum Gasteiger partial charge on any atom is -0.326 e. The van der Waals surface area contributed by atoms with Gasteiger partial charge in [-0.25, -0.2) is 8.42 Å². The number of halogens is 3. The van der Waals surface area contributed by atoms with Crippen molar-refractivity contribution in [3.05, 3.63) is 29.3 Å². The van der Waals surface area contributed by atoms with Gasteiger partial charge in [0.1, 0.15) is 0 Å². The molecule has 0 heterocycles. The zero-order chi connectivity index (χ0) is 15.0. The average molecular weight is 308 g/mol. The molecule has 0 amide bonds. The average Bonchev–Trinajstić information content (AvgIpc) is 3.10. The highest BCUT2D eigenvalue weighted by molar-refractivity contribution is 7.92. The van der Waals surface area contributed by atoms with E-state index in [1.165, 1.54) is 6.07 Å². The van der Waals surface area contributed by atoms with Crippen LogP contribution in [0.1, 0.15) is 24.0 Å². The first-order valence-electron chi connectivity index (χ1n) is 6.12. The summed E-state index contributed by atoms with van der Waals surface area (Å²) in [5, 5.41) is 0. The number of alkyl halides is 3. The summed E-state index contributed by atoms with van der Waals surface area (Å²) in [5.41, 5.74) is 4.14. The van der Waals surface area contributed by atoms with Gasteiger partial charge in [-0.1, -0.05) is 6.07 Å². The van der Waals surface area contributed by atoms with Gasteiger partial charge >= 0.3 is 6.18 Å². The summed E-state index contributed by atoms with van der Waals surface area (Å²) in [7, 11) is -3.75. The number of hydrogen-bond donors (Lipinski definition) is 2. The summed E-state index contributed by atoms with van der Waals surface area (Å²) in [6.45, 7) is -0.0435. The highest BCUT2D eigenvalue weighted by Crippen LogP contribution is 2.37. The third kappa shape index (κ3) is 3.86. The third-order valence-corrected chi connectivity index (χ3v) is 4.48. The van der Waals surface area contributed by atoms with E-state index in [4.69, 9.17) is 5.73 Å². The third-order valence-electron chi connectivity index (χ3n) is 3.04. The van der Waals surface area contributed by atoms with E-state index in [1.807, 2.05) is 4.72 Å². The van der Waals surface area contributed by atoms with Crippen LogP contribution in [0.3, 0.4) is 0 Å². The largest absolute Gasteiger partial charge is 0.418 e. The van der Waals surface area contributed by atoms with Gasteiger partial charge in [0.25, 0.3) is 0 Å². The molecule has 0 bridgehead atoms. The predicted octanol–water partition coefficient (Wildman–Crippen LogP) is 2.32. The van der Waals surface area contributed by atoms with E-state index >= 15 is 0 Å². The monoisotopic (exact) mass is 308 g/mol. The minimum absolute atomic E-state index is 0.0435. The van der Waals surface area contributed by atoms with Crippen molar-refractivity contribution in [2.24, 2.45) is 11.7 Å². The highest BCUT2D eigenvalue weighted by atomic mass is 32.2. The molecule has 0 aromatic heterocycles. The number of rotatable bonds is 5. The first kappa shape index (κ1) is 15.1. The van der Waals surface area contributed by atoms with Crippen molar-refractivity contribution in [2.75, 3.05) is 10.5 Å². The first-order valence-corrected chi connectivity index (χ1v) is 7.77. The van der Waals surface area contributed by atoms with E-state index in [0.29, 0.717) is 5.56 Å². The second kappa shape index (κ2) is 5.25. The molecule has 0 saturated heterocycles. The summed E-state index contributed by atoms with van der Waals surface area (Å²) in [6, 6.07) is 3.36. The topological polar surface area (TPSA) is 72.2 Å². The number of nitrogens with two attached hydrogens (primary N) is 1. The quantitative estimate of drug-likeness (QED) is 0.877. The van der Waals surface area contributed by atoms with Gasteiger partial charge in [-0.3, -0.25) is 4.72 Å². The molecule has 1 fully saturated rings. The maximum Gasteiger partial charge on any atom is 0.418 e. The highest BCUT2D eigenvalue weighted by Gasteiger charge is 2.35. The molecule has 4 nitrogen and oxygen atoms in total. The van der Waals surface area contributed by atoms with E-state index in [9.17, 15) is 21.6 Å². The van der Waals surface area contributed by atoms with Crippen molar-refractivity contribution in [1.82, 2.24) is 0 Å². The van der Waals surface area contributed by atoms with E-state index in [-0.39, 0.29) is 18.2 Å². The molecule has 0 spiro atoms. The van der Waals surface area contributed by atoms with Crippen LogP contribution in [0.2, 0.25) is 0 Å². The van der Waals surface area contributed by atoms with Crippen LogP contribution in [0.25, 0.3) is 0 Å². The predicted molar refractivity (Wildman–Crippen MR) is 69.5 cm³/mol. The van der Waals surface area contributed by atoms with Crippen molar-refractivity contribution in [3.63, 3.8) is 0 Å². The van der Waals surface area contributed by atoms with Crippen LogP contribution in [0.4, 0.5) is 18.9 Å². The molecule has 1 aliphatic rings. The van der Waals surface area contributed by atoms with E-state index in [1.54, 1.807) is 0 Å². The smallest absolute Gasteiger partial charge is 0.326 e. The summed E-state index contributed by atoms with van der Waals surface area (Å²) in [5.74, 6) is -0.0756. The van der Waals surface area contributed by atoms with Gasteiger partial charge < -0.3 is 5.73 Å². The summed E-state index contributed by atoms with van der Waals surface area (Å²) in [6.07, 6.45) is -3.03. The lowest BCUT2D eigenvalue weighted by atomic mass is 10.1. The second-order valence-corrected chi connectivity index (χ2v) is 6.68. The van der Waals surface area contributed by atoms with Gasteiger partial charge in [-0.2, -0.15) is 13.2 Å². The van der Waals surface area contributed by atoms with Crippen molar-refractivity contribution < 1.29 is 21.6 Å². The normalized spacial score (nSPS) is 16.2. The fourth-order valence-corrected chi connectivity index (χ4v) is 3.40. The number of hydrogen-bond acceptors (Lipinski definition) is 3. The summed E-state index contributed by atoms with van der Waals surface area (Å²) in [4.78, 5) is 0. The molecule has 1 aromatic carbocycles. The van der Waals surface area contributed by atoms with Crippen molar-refractivity contribution in [2.45, 2.75) is 25.6 Å². The molecule has 0 radical (unpaired) electrons. The van der Waals surface area contributed by atoms with Gasteiger partial charge in [-0.15, -0.1) is 0 Å². The molecule has 20 heavy (non-hydrogen) atoms. The first-order chi connectivity index (χ1) is 9.21. The minimum atomic E-state index is -4.64. The molecule has 2 rings (SSSR count). The molecule has 8 heteroatoms. The molecule has 1 aliphatic carbocycles. The number of nitrogens with one attached hydrogen (secondary N) is 1. The number of sulfonamides is 1. The Morgan fingerprint density at radius 2 is 1.95 bits per heavy atom. The van der Waals surface area contributed by atoms with Crippen molar-refractivity contribution in [1.29, 1.82) is 0 Å². The van der Waals surface area contributed by atoms with Crippen LogP contribution >= 0.6 is 0 Å². The number of benzene rings is 1. The lowest BCUT2D eigenvalue weighted by molar-refractivity contribution is -0.136. The lowest BCUT2D eigenvalue weighted by Crippen LogP contribution is -2.21. The van der Waals surface area contributed by atoms with E-state index < -0.39 is 27.5 Å². The van der Waals surface area contributed by atoms with Crippen molar-refractivity contribution >= 4 is 15.7 Å². The Morgan fingerprint density at radius 3 is 2.45 bits per heavy atom. The SMILES string of the molecule is NCc1ccc(NS(=O)(=O)CC2CC2)c(C(F)(F)F)c1. The molecule has 0 atom stereocenters. The Kier molecular flexibility index (Phi) is 3.97. The summed E-state index contributed by atoms with van der Waals surface area (Å²) < 4.78 is 64.4. The second-order valence-electron chi connectivity index (χ2n) is 4.91. The maximum absolute atomic E-state index is 12.9. The van der Waals surface area contributed by atoms with Crippen LogP contribution in [0, 0.1) is 5.92 Å². The Balaban J connectivity index is 2.30. The lowest BCUT2D eigenvalue weighted by Gasteiger charge is -2.15. The van der Waals surface area contributed by atoms with E-state index in [2.05, 4.69) is 0 Å². The molecule has 0 aliphatic heterocycles. The van der Waals surface area contributed by atoms with Crippen LogP contribution < -0.4 is 10.5 Å². The van der Waals surface area contributed by atoms with Crippen LogP contribution in [0.5, 0.6) is 0 Å². The maximum atomic E-state index is 12.9. The molecule has 1 aromatic rings. The molecule has 0 unspecified atom stereocenters. The van der Waals surface area contributed by atoms with Crippen LogP contribution in [-0.2, 0) is 22.7 Å².